The van der Waals surface area contributed by atoms with Crippen LogP contribution in [0.5, 0.6) is 0 Å². The number of carbonyl (C=O) groups excluding carboxylic acids is 1. The Hall–Kier alpha value is -0.910. The Morgan fingerprint density at radius 2 is 2.41 bits per heavy atom. The van der Waals surface area contributed by atoms with Gasteiger partial charge in [-0.2, -0.15) is 0 Å². The highest BCUT2D eigenvalue weighted by atomic mass is 79.9. The average Bonchev–Trinajstić information content (AvgIpc) is 3.02. The van der Waals surface area contributed by atoms with Crippen LogP contribution in [-0.4, -0.2) is 38.8 Å². The molecule has 5 heteroatoms. The van der Waals surface area contributed by atoms with Crippen LogP contribution < -0.4 is 10.6 Å². The van der Waals surface area contributed by atoms with E-state index in [0.29, 0.717) is 12.6 Å². The molecule has 1 amide bonds. The second-order valence-corrected chi connectivity index (χ2v) is 6.77. The molecule has 1 saturated heterocycles. The maximum atomic E-state index is 12.5. The topological polar surface area (TPSA) is 50.4 Å². The van der Waals surface area contributed by atoms with Crippen molar-refractivity contribution >= 4 is 21.8 Å². The average molecular weight is 369 g/mol. The summed E-state index contributed by atoms with van der Waals surface area (Å²) in [6, 6.07) is 8.58. The van der Waals surface area contributed by atoms with Crippen molar-refractivity contribution in [3.63, 3.8) is 0 Å². The molecule has 0 bridgehead atoms. The summed E-state index contributed by atoms with van der Waals surface area (Å²) in [7, 11) is 1.68. The molecule has 2 atom stereocenters. The summed E-state index contributed by atoms with van der Waals surface area (Å²) in [5.41, 5.74) is 1.17. The van der Waals surface area contributed by atoms with E-state index in [1.54, 1.807) is 7.11 Å². The van der Waals surface area contributed by atoms with Crippen LogP contribution in [0.2, 0.25) is 0 Å². The van der Waals surface area contributed by atoms with Crippen molar-refractivity contribution < 1.29 is 9.53 Å². The van der Waals surface area contributed by atoms with E-state index in [-0.39, 0.29) is 11.8 Å². The SMILES string of the molecule is COCCC(Cc1cccc(Br)c1)C(=O)NCC1CCCN1. The molecule has 1 aromatic carbocycles. The van der Waals surface area contributed by atoms with Gasteiger partial charge in [0.15, 0.2) is 0 Å². The lowest BCUT2D eigenvalue weighted by Crippen LogP contribution is -2.40. The molecule has 1 fully saturated rings. The largest absolute Gasteiger partial charge is 0.385 e. The molecule has 1 heterocycles. The Balaban J connectivity index is 1.90. The fraction of sp³-hybridized carbons (Fsp3) is 0.588. The summed E-state index contributed by atoms with van der Waals surface area (Å²) < 4.78 is 6.21. The molecule has 0 spiro atoms. The van der Waals surface area contributed by atoms with Gasteiger partial charge in [-0.05, 0) is 49.9 Å². The van der Waals surface area contributed by atoms with Crippen LogP contribution in [0, 0.1) is 5.92 Å². The zero-order valence-corrected chi connectivity index (χ0v) is 14.7. The molecular weight excluding hydrogens is 344 g/mol. The van der Waals surface area contributed by atoms with Gasteiger partial charge in [-0.15, -0.1) is 0 Å². The van der Waals surface area contributed by atoms with Gasteiger partial charge >= 0.3 is 0 Å². The maximum Gasteiger partial charge on any atom is 0.223 e. The van der Waals surface area contributed by atoms with E-state index in [9.17, 15) is 4.79 Å². The molecule has 1 aliphatic heterocycles. The lowest BCUT2D eigenvalue weighted by atomic mass is 9.95. The molecule has 0 saturated carbocycles. The number of nitrogens with one attached hydrogen (secondary N) is 2. The lowest BCUT2D eigenvalue weighted by molar-refractivity contribution is -0.125. The third kappa shape index (κ3) is 5.71. The molecule has 4 nitrogen and oxygen atoms in total. The third-order valence-corrected chi connectivity index (χ3v) is 4.59. The number of methoxy groups -OCH3 is 1. The van der Waals surface area contributed by atoms with Crippen LogP contribution in [0.3, 0.4) is 0 Å². The highest BCUT2D eigenvalue weighted by molar-refractivity contribution is 9.10. The van der Waals surface area contributed by atoms with Gasteiger partial charge in [0.2, 0.25) is 5.91 Å². The first-order valence-electron chi connectivity index (χ1n) is 7.93. The van der Waals surface area contributed by atoms with Crippen molar-refractivity contribution in [3.05, 3.63) is 34.3 Å². The standard InChI is InChI=1S/C17H25BrN2O2/c1-22-9-7-14(10-13-4-2-5-15(18)11-13)17(21)20-12-16-6-3-8-19-16/h2,4-5,11,14,16,19H,3,6-10,12H2,1H3,(H,20,21). The highest BCUT2D eigenvalue weighted by Gasteiger charge is 2.21. The van der Waals surface area contributed by atoms with Gasteiger partial charge in [-0.1, -0.05) is 28.1 Å². The van der Waals surface area contributed by atoms with E-state index in [1.165, 1.54) is 12.0 Å². The van der Waals surface area contributed by atoms with Crippen LogP contribution in [0.15, 0.2) is 28.7 Å². The van der Waals surface area contributed by atoms with Crippen molar-refractivity contribution in [2.45, 2.75) is 31.7 Å². The fourth-order valence-corrected chi connectivity index (χ4v) is 3.28. The monoisotopic (exact) mass is 368 g/mol. The van der Waals surface area contributed by atoms with Crippen LogP contribution in [0.4, 0.5) is 0 Å². The molecular formula is C17H25BrN2O2. The van der Waals surface area contributed by atoms with Crippen molar-refractivity contribution in [2.75, 3.05) is 26.8 Å². The minimum Gasteiger partial charge on any atom is -0.385 e. The number of ether oxygens (including phenoxy) is 1. The van der Waals surface area contributed by atoms with E-state index < -0.39 is 0 Å². The molecule has 1 aromatic rings. The van der Waals surface area contributed by atoms with Crippen molar-refractivity contribution in [3.8, 4) is 0 Å². The molecule has 2 rings (SSSR count). The van der Waals surface area contributed by atoms with E-state index in [1.807, 2.05) is 12.1 Å². The van der Waals surface area contributed by atoms with Crippen molar-refractivity contribution in [1.82, 2.24) is 10.6 Å². The van der Waals surface area contributed by atoms with E-state index in [4.69, 9.17) is 4.74 Å². The second kappa shape index (κ2) is 9.28. The maximum absolute atomic E-state index is 12.5. The molecule has 0 aromatic heterocycles. The number of hydrogen-bond donors (Lipinski definition) is 2. The fourth-order valence-electron chi connectivity index (χ4n) is 2.83. The number of carbonyl (C=O) groups is 1. The number of halogens is 1. The van der Waals surface area contributed by atoms with Crippen LogP contribution in [-0.2, 0) is 16.0 Å². The van der Waals surface area contributed by atoms with E-state index in [2.05, 4.69) is 38.7 Å². The van der Waals surface area contributed by atoms with Gasteiger partial charge in [0, 0.05) is 36.7 Å². The quantitative estimate of drug-likeness (QED) is 0.741. The molecule has 0 radical (unpaired) electrons. The number of hydrogen-bond acceptors (Lipinski definition) is 3. The Kier molecular flexibility index (Phi) is 7.36. The minimum atomic E-state index is -0.0457. The molecule has 22 heavy (non-hydrogen) atoms. The summed E-state index contributed by atoms with van der Waals surface area (Å²) in [5.74, 6) is 0.0846. The summed E-state index contributed by atoms with van der Waals surface area (Å²) in [5, 5.41) is 6.51. The zero-order valence-electron chi connectivity index (χ0n) is 13.1. The summed E-state index contributed by atoms with van der Waals surface area (Å²) >= 11 is 3.48. The minimum absolute atomic E-state index is 0.0457. The predicted molar refractivity (Wildman–Crippen MR) is 91.9 cm³/mol. The van der Waals surface area contributed by atoms with Crippen LogP contribution in [0.25, 0.3) is 0 Å². The van der Waals surface area contributed by atoms with Crippen molar-refractivity contribution in [2.24, 2.45) is 5.92 Å². The number of rotatable bonds is 8. The highest BCUT2D eigenvalue weighted by Crippen LogP contribution is 2.17. The van der Waals surface area contributed by atoms with Crippen molar-refractivity contribution in [1.29, 1.82) is 0 Å². The smallest absolute Gasteiger partial charge is 0.223 e. The lowest BCUT2D eigenvalue weighted by Gasteiger charge is -2.18. The Bertz CT molecular complexity index is 475. The van der Waals surface area contributed by atoms with Crippen LogP contribution in [0.1, 0.15) is 24.8 Å². The Morgan fingerprint density at radius 1 is 1.55 bits per heavy atom. The Labute approximate surface area is 141 Å². The summed E-state index contributed by atoms with van der Waals surface area (Å²) in [4.78, 5) is 12.5. The van der Waals surface area contributed by atoms with E-state index >= 15 is 0 Å². The molecule has 2 unspecified atom stereocenters. The van der Waals surface area contributed by atoms with Crippen LogP contribution >= 0.6 is 15.9 Å². The normalized spacial score (nSPS) is 19.1. The van der Waals surface area contributed by atoms with Gasteiger partial charge in [-0.3, -0.25) is 4.79 Å². The summed E-state index contributed by atoms with van der Waals surface area (Å²) in [6.07, 6.45) is 3.83. The second-order valence-electron chi connectivity index (χ2n) is 5.85. The van der Waals surface area contributed by atoms with Gasteiger partial charge in [0.05, 0.1) is 0 Å². The predicted octanol–water partition coefficient (Wildman–Crippen LogP) is 2.51. The molecule has 1 aliphatic rings. The van der Waals surface area contributed by atoms with Gasteiger partial charge < -0.3 is 15.4 Å². The third-order valence-electron chi connectivity index (χ3n) is 4.10. The molecule has 122 valence electrons. The molecule has 2 N–H and O–H groups in total. The van der Waals surface area contributed by atoms with Gasteiger partial charge in [-0.25, -0.2) is 0 Å². The summed E-state index contributed by atoms with van der Waals surface area (Å²) in [6.45, 7) is 2.39. The first kappa shape index (κ1) is 17.4. The first-order chi connectivity index (χ1) is 10.7. The molecule has 0 aliphatic carbocycles. The number of amides is 1. The van der Waals surface area contributed by atoms with Gasteiger partial charge in [0.25, 0.3) is 0 Å². The Morgan fingerprint density at radius 3 is 3.09 bits per heavy atom. The van der Waals surface area contributed by atoms with Gasteiger partial charge in [0.1, 0.15) is 0 Å². The first-order valence-corrected chi connectivity index (χ1v) is 8.73. The van der Waals surface area contributed by atoms with E-state index in [0.717, 1.165) is 36.8 Å². The number of benzene rings is 1. The zero-order chi connectivity index (χ0) is 15.8.